The van der Waals surface area contributed by atoms with E-state index in [4.69, 9.17) is 12.2 Å². The summed E-state index contributed by atoms with van der Waals surface area (Å²) in [6, 6.07) is 9.01. The normalized spacial score (nSPS) is 16.7. The van der Waals surface area contributed by atoms with Gasteiger partial charge >= 0.3 is 0 Å². The lowest BCUT2D eigenvalue weighted by atomic mass is 10.1. The molecule has 0 radical (unpaired) electrons. The van der Waals surface area contributed by atoms with Gasteiger partial charge in [0.1, 0.15) is 0 Å². The van der Waals surface area contributed by atoms with Crippen LogP contribution in [-0.4, -0.2) is 11.2 Å². The Morgan fingerprint density at radius 3 is 2.63 bits per heavy atom. The fraction of sp³-hybridized carbons (Fsp3) is 0.562. The Balaban J connectivity index is 1.85. The minimum Gasteiger partial charge on any atom is -0.360 e. The number of anilines is 1. The Morgan fingerprint density at radius 2 is 1.95 bits per heavy atom. The zero-order valence-electron chi connectivity index (χ0n) is 11.7. The van der Waals surface area contributed by atoms with E-state index in [1.165, 1.54) is 44.1 Å². The average molecular weight is 276 g/mol. The summed E-state index contributed by atoms with van der Waals surface area (Å²) in [5.74, 6) is 0. The molecule has 19 heavy (non-hydrogen) atoms. The number of hydrogen-bond acceptors (Lipinski definition) is 1. The fourth-order valence-electron chi connectivity index (χ4n) is 2.65. The van der Waals surface area contributed by atoms with Gasteiger partial charge in [0.05, 0.1) is 0 Å². The van der Waals surface area contributed by atoms with Gasteiger partial charge in [-0.25, -0.2) is 0 Å². The number of rotatable bonds is 3. The predicted octanol–water partition coefficient (Wildman–Crippen LogP) is 4.26. The van der Waals surface area contributed by atoms with Crippen LogP contribution in [0.1, 0.15) is 51.0 Å². The smallest absolute Gasteiger partial charge is 0.170 e. The van der Waals surface area contributed by atoms with Crippen LogP contribution in [0.2, 0.25) is 0 Å². The van der Waals surface area contributed by atoms with E-state index in [0.717, 1.165) is 17.2 Å². The number of aryl methyl sites for hydroxylation is 1. The third-order valence-electron chi connectivity index (χ3n) is 3.78. The minimum absolute atomic E-state index is 0.553. The number of benzene rings is 1. The van der Waals surface area contributed by atoms with Crippen molar-refractivity contribution in [2.45, 2.75) is 57.9 Å². The van der Waals surface area contributed by atoms with Crippen LogP contribution < -0.4 is 10.6 Å². The molecule has 0 spiro atoms. The molecule has 0 bridgehead atoms. The second-order valence-corrected chi connectivity index (χ2v) is 5.75. The van der Waals surface area contributed by atoms with Gasteiger partial charge in [0.15, 0.2) is 5.11 Å². The maximum Gasteiger partial charge on any atom is 0.170 e. The maximum atomic E-state index is 5.42. The zero-order chi connectivity index (χ0) is 13.5. The monoisotopic (exact) mass is 276 g/mol. The Morgan fingerprint density at radius 1 is 1.21 bits per heavy atom. The van der Waals surface area contributed by atoms with E-state index in [1.807, 2.05) is 0 Å². The molecule has 2 rings (SSSR count). The third-order valence-corrected chi connectivity index (χ3v) is 4.00. The molecule has 0 atom stereocenters. The maximum absolute atomic E-state index is 5.42. The topological polar surface area (TPSA) is 24.1 Å². The summed E-state index contributed by atoms with van der Waals surface area (Å²) in [6.45, 7) is 2.17. The van der Waals surface area contributed by atoms with Gasteiger partial charge in [0.2, 0.25) is 0 Å². The molecule has 0 aromatic heterocycles. The molecule has 1 saturated carbocycles. The van der Waals surface area contributed by atoms with Crippen LogP contribution in [0.5, 0.6) is 0 Å². The van der Waals surface area contributed by atoms with Crippen LogP contribution in [-0.2, 0) is 6.42 Å². The summed E-state index contributed by atoms with van der Waals surface area (Å²) in [4.78, 5) is 0. The van der Waals surface area contributed by atoms with E-state index in [1.54, 1.807) is 0 Å². The number of hydrogen-bond donors (Lipinski definition) is 2. The standard InChI is InChI=1S/C16H24N2S/c1-2-13-8-7-11-15(12-13)18-16(19)17-14-9-5-3-4-6-10-14/h7-8,11-12,14H,2-6,9-10H2,1H3,(H2,17,18,19). The highest BCUT2D eigenvalue weighted by molar-refractivity contribution is 7.80. The summed E-state index contributed by atoms with van der Waals surface area (Å²) < 4.78 is 0. The van der Waals surface area contributed by atoms with Crippen molar-refractivity contribution in [1.82, 2.24) is 5.32 Å². The SMILES string of the molecule is CCc1cccc(NC(=S)NC2CCCCCC2)c1. The molecule has 2 N–H and O–H groups in total. The molecule has 1 fully saturated rings. The van der Waals surface area contributed by atoms with Crippen LogP contribution in [0.15, 0.2) is 24.3 Å². The Hall–Kier alpha value is -1.09. The average Bonchev–Trinajstić information content (AvgIpc) is 2.67. The summed E-state index contributed by atoms with van der Waals surface area (Å²) in [7, 11) is 0. The molecule has 0 aliphatic heterocycles. The van der Waals surface area contributed by atoms with Crippen LogP contribution >= 0.6 is 12.2 Å². The molecule has 104 valence electrons. The van der Waals surface area contributed by atoms with E-state index in [-0.39, 0.29) is 0 Å². The quantitative estimate of drug-likeness (QED) is 0.637. The van der Waals surface area contributed by atoms with Gasteiger partial charge in [-0.3, -0.25) is 0 Å². The summed E-state index contributed by atoms with van der Waals surface area (Å²) in [6.07, 6.45) is 8.94. The highest BCUT2D eigenvalue weighted by atomic mass is 32.1. The van der Waals surface area contributed by atoms with Crippen molar-refractivity contribution in [3.63, 3.8) is 0 Å². The van der Waals surface area contributed by atoms with E-state index < -0.39 is 0 Å². The molecular formula is C16H24N2S. The number of thiocarbonyl (C=S) groups is 1. The zero-order valence-corrected chi connectivity index (χ0v) is 12.6. The molecule has 3 heteroatoms. The minimum atomic E-state index is 0.553. The largest absolute Gasteiger partial charge is 0.360 e. The van der Waals surface area contributed by atoms with Crippen molar-refractivity contribution in [2.75, 3.05) is 5.32 Å². The first kappa shape index (κ1) is 14.3. The van der Waals surface area contributed by atoms with Crippen molar-refractivity contribution < 1.29 is 0 Å². The highest BCUT2D eigenvalue weighted by Crippen LogP contribution is 2.17. The Kier molecular flexibility index (Phi) is 5.64. The fourth-order valence-corrected chi connectivity index (χ4v) is 2.93. The van der Waals surface area contributed by atoms with Crippen LogP contribution in [0.3, 0.4) is 0 Å². The van der Waals surface area contributed by atoms with Crippen LogP contribution in [0.4, 0.5) is 5.69 Å². The van der Waals surface area contributed by atoms with Crippen molar-refractivity contribution in [1.29, 1.82) is 0 Å². The van der Waals surface area contributed by atoms with Gasteiger partial charge in [0, 0.05) is 11.7 Å². The molecular weight excluding hydrogens is 252 g/mol. The van der Waals surface area contributed by atoms with Gasteiger partial charge in [0.25, 0.3) is 0 Å². The van der Waals surface area contributed by atoms with E-state index in [9.17, 15) is 0 Å². The molecule has 1 aromatic rings. The van der Waals surface area contributed by atoms with Crippen molar-refractivity contribution >= 4 is 23.0 Å². The molecule has 1 aliphatic rings. The first-order valence-corrected chi connectivity index (χ1v) is 7.85. The second kappa shape index (κ2) is 7.49. The van der Waals surface area contributed by atoms with E-state index in [2.05, 4.69) is 41.8 Å². The molecule has 0 heterocycles. The first-order valence-electron chi connectivity index (χ1n) is 7.44. The molecule has 0 unspecified atom stereocenters. The van der Waals surface area contributed by atoms with Gasteiger partial charge in [-0.15, -0.1) is 0 Å². The molecule has 1 aliphatic carbocycles. The summed E-state index contributed by atoms with van der Waals surface area (Å²) in [5, 5.41) is 7.53. The van der Waals surface area contributed by atoms with Crippen LogP contribution in [0.25, 0.3) is 0 Å². The lowest BCUT2D eigenvalue weighted by Crippen LogP contribution is -2.37. The summed E-state index contributed by atoms with van der Waals surface area (Å²) >= 11 is 5.42. The Bertz CT molecular complexity index is 409. The van der Waals surface area contributed by atoms with Crippen molar-refractivity contribution in [2.24, 2.45) is 0 Å². The first-order chi connectivity index (χ1) is 9.28. The van der Waals surface area contributed by atoms with Crippen molar-refractivity contribution in [3.05, 3.63) is 29.8 Å². The van der Waals surface area contributed by atoms with E-state index >= 15 is 0 Å². The van der Waals surface area contributed by atoms with E-state index in [0.29, 0.717) is 6.04 Å². The molecule has 2 nitrogen and oxygen atoms in total. The highest BCUT2D eigenvalue weighted by Gasteiger charge is 2.12. The Labute approximate surface area is 122 Å². The van der Waals surface area contributed by atoms with Crippen molar-refractivity contribution in [3.8, 4) is 0 Å². The third kappa shape index (κ3) is 4.83. The lowest BCUT2D eigenvalue weighted by molar-refractivity contribution is 0.535. The molecule has 0 amide bonds. The molecule has 1 aromatic carbocycles. The lowest BCUT2D eigenvalue weighted by Gasteiger charge is -2.19. The summed E-state index contributed by atoms with van der Waals surface area (Å²) in [5.41, 5.74) is 2.42. The van der Waals surface area contributed by atoms with Gasteiger partial charge in [-0.05, 0) is 49.2 Å². The predicted molar refractivity (Wildman–Crippen MR) is 86.7 cm³/mol. The second-order valence-electron chi connectivity index (χ2n) is 5.34. The van der Waals surface area contributed by atoms with Crippen LogP contribution in [0, 0.1) is 0 Å². The van der Waals surface area contributed by atoms with Gasteiger partial charge in [-0.2, -0.15) is 0 Å². The number of nitrogens with one attached hydrogen (secondary N) is 2. The van der Waals surface area contributed by atoms with Gasteiger partial charge < -0.3 is 10.6 Å². The molecule has 0 saturated heterocycles. The van der Waals surface area contributed by atoms with Gasteiger partial charge in [-0.1, -0.05) is 44.7 Å².